The summed E-state index contributed by atoms with van der Waals surface area (Å²) in [6, 6.07) is 4.67. The predicted octanol–water partition coefficient (Wildman–Crippen LogP) is 4.14. The number of nitro groups is 1. The van der Waals surface area contributed by atoms with Crippen LogP contribution in [0.5, 0.6) is 0 Å². The monoisotopic (exact) mass is 545 g/mol. The number of hydrogen-bond acceptors (Lipinski definition) is 7. The van der Waals surface area contributed by atoms with Crippen LogP contribution in [-0.4, -0.2) is 56.4 Å². The molecule has 3 saturated carbocycles. The molecule has 0 unspecified atom stereocenters. The normalized spacial score (nSPS) is 42.6. The molecule has 39 heavy (non-hydrogen) atoms. The molecule has 0 aliphatic heterocycles. The molecule has 4 aliphatic carbocycles. The van der Waals surface area contributed by atoms with Crippen molar-refractivity contribution in [3.05, 3.63) is 63.7 Å². The van der Waals surface area contributed by atoms with Gasteiger partial charge in [-0.25, -0.2) is 18.4 Å². The number of aliphatic carboxylic acids is 1. The summed E-state index contributed by atoms with van der Waals surface area (Å²) in [5, 5.41) is 33.2. The Morgan fingerprint density at radius 3 is 2.54 bits per heavy atom. The Balaban J connectivity index is 1.59. The lowest BCUT2D eigenvalue weighted by Crippen LogP contribution is -2.71. The number of carbonyl (C=O) groups excluding carboxylic acids is 2. The highest BCUT2D eigenvalue weighted by Crippen LogP contribution is 2.71. The Labute approximate surface area is 222 Å². The maximum absolute atomic E-state index is 17.3. The maximum Gasteiger partial charge on any atom is 0.349 e. The van der Waals surface area contributed by atoms with Gasteiger partial charge in [-0.3, -0.25) is 14.9 Å². The number of carboxylic acids is 1. The van der Waals surface area contributed by atoms with E-state index in [2.05, 4.69) is 0 Å². The fourth-order valence-corrected chi connectivity index (χ4v) is 8.19. The molecule has 2 N–H and O–H groups in total. The molecule has 0 saturated heterocycles. The van der Waals surface area contributed by atoms with Crippen LogP contribution in [0.2, 0.25) is 0 Å². The summed E-state index contributed by atoms with van der Waals surface area (Å²) in [7, 11) is 0. The minimum atomic E-state index is -2.42. The zero-order valence-electron chi connectivity index (χ0n) is 21.6. The molecule has 0 aromatic heterocycles. The van der Waals surface area contributed by atoms with Crippen molar-refractivity contribution in [3.63, 3.8) is 0 Å². The predicted molar refractivity (Wildman–Crippen MR) is 132 cm³/mol. The number of alkyl halides is 2. The van der Waals surface area contributed by atoms with Crippen LogP contribution < -0.4 is 0 Å². The van der Waals surface area contributed by atoms with Crippen molar-refractivity contribution in [2.45, 2.75) is 63.6 Å². The number of aliphatic hydroxyl groups is 1. The van der Waals surface area contributed by atoms with Gasteiger partial charge in [-0.1, -0.05) is 26.0 Å². The number of nitrogens with zero attached hydrogens (tertiary/aromatic N) is 1. The van der Waals surface area contributed by atoms with Gasteiger partial charge < -0.3 is 14.9 Å². The van der Waals surface area contributed by atoms with Crippen LogP contribution in [0.15, 0.2) is 48.1 Å². The van der Waals surface area contributed by atoms with Crippen molar-refractivity contribution in [3.8, 4) is 0 Å². The lowest BCUT2D eigenvalue weighted by molar-refractivity contribution is -0.384. The summed E-state index contributed by atoms with van der Waals surface area (Å²) in [5.41, 5.74) is -8.48. The lowest BCUT2D eigenvalue weighted by atomic mass is 9.44. The third-order valence-electron chi connectivity index (χ3n) is 10.0. The standard InChI is InChI=1S/C28H29F2NO8/c1-14-9-18-19-12-21(29)20-11-17(32)7-8-25(20,2)27(19,30)22(33)13-26(18,3)28(14,24(35)36)39-23(34)15-5-4-6-16(10-15)31(37)38/h4-8,10-11,14,18-19,21-22,33H,9,12-13H2,1-3H3,(H,35,36)/t14-,18+,19+,21+,22+,25+,26+,27+,28+/m1/s1. The number of nitro benzene ring substituents is 1. The minimum absolute atomic E-state index is 0.0518. The molecule has 1 aromatic carbocycles. The first-order chi connectivity index (χ1) is 18.1. The molecule has 0 amide bonds. The van der Waals surface area contributed by atoms with Gasteiger partial charge in [-0.05, 0) is 55.9 Å². The quantitative estimate of drug-likeness (QED) is 0.326. The number of allylic oxidation sites excluding steroid dienone is 4. The molecular weight excluding hydrogens is 516 g/mol. The van der Waals surface area contributed by atoms with Crippen molar-refractivity contribution in [2.75, 3.05) is 0 Å². The van der Waals surface area contributed by atoms with Gasteiger partial charge in [0.2, 0.25) is 5.60 Å². The van der Waals surface area contributed by atoms with Gasteiger partial charge in [0.1, 0.15) is 6.17 Å². The SMILES string of the molecule is C[C@@H]1C[C@H]2[C@@H]3C[C@H](F)C4=CC(=O)C=C[C@]4(C)[C@@]3(F)[C@@H](O)C[C@]2(C)[C@@]1(OC(=O)c1cccc([N+](=O)[O-])c1)C(=O)O. The average Bonchev–Trinajstić information content (AvgIpc) is 3.09. The van der Waals surface area contributed by atoms with Crippen molar-refractivity contribution in [2.24, 2.45) is 28.6 Å². The first-order valence-electron chi connectivity index (χ1n) is 12.8. The summed E-state index contributed by atoms with van der Waals surface area (Å²) < 4.78 is 38.7. The number of carboxylic acid groups (broad SMARTS) is 1. The fourth-order valence-electron chi connectivity index (χ4n) is 8.19. The molecule has 1 aromatic rings. The molecule has 5 rings (SSSR count). The number of non-ortho nitro benzene ring substituents is 1. The van der Waals surface area contributed by atoms with Crippen molar-refractivity contribution in [1.29, 1.82) is 0 Å². The van der Waals surface area contributed by atoms with Crippen LogP contribution in [0.1, 0.15) is 50.4 Å². The van der Waals surface area contributed by atoms with E-state index in [1.54, 1.807) is 6.92 Å². The molecule has 4 aliphatic rings. The number of rotatable bonds is 4. The summed E-state index contributed by atoms with van der Waals surface area (Å²) in [5.74, 6) is -5.92. The topological polar surface area (TPSA) is 144 Å². The van der Waals surface area contributed by atoms with E-state index in [1.165, 1.54) is 38.1 Å². The third kappa shape index (κ3) is 3.34. The maximum atomic E-state index is 17.3. The van der Waals surface area contributed by atoms with E-state index in [0.717, 1.165) is 18.2 Å². The van der Waals surface area contributed by atoms with Gasteiger partial charge in [-0.15, -0.1) is 0 Å². The van der Waals surface area contributed by atoms with Crippen LogP contribution in [-0.2, 0) is 14.3 Å². The zero-order valence-corrected chi connectivity index (χ0v) is 21.6. The molecule has 0 spiro atoms. The molecule has 11 heteroatoms. The number of carbonyl (C=O) groups is 3. The van der Waals surface area contributed by atoms with E-state index in [-0.39, 0.29) is 29.7 Å². The van der Waals surface area contributed by atoms with Crippen LogP contribution in [0.25, 0.3) is 0 Å². The Morgan fingerprint density at radius 2 is 1.90 bits per heavy atom. The summed E-state index contributed by atoms with van der Waals surface area (Å²) >= 11 is 0. The van der Waals surface area contributed by atoms with Gasteiger partial charge >= 0.3 is 11.9 Å². The van der Waals surface area contributed by atoms with Crippen molar-refractivity contribution in [1.82, 2.24) is 0 Å². The van der Waals surface area contributed by atoms with E-state index in [0.29, 0.717) is 0 Å². The number of hydrogen-bond donors (Lipinski definition) is 2. The second-order valence-corrected chi connectivity index (χ2v) is 11.7. The Morgan fingerprint density at radius 1 is 1.21 bits per heavy atom. The minimum Gasteiger partial charge on any atom is -0.478 e. The first-order valence-corrected chi connectivity index (χ1v) is 12.8. The number of benzene rings is 1. The van der Waals surface area contributed by atoms with E-state index in [4.69, 9.17) is 4.74 Å². The van der Waals surface area contributed by atoms with E-state index < -0.39 is 81.2 Å². The van der Waals surface area contributed by atoms with Gasteiger partial charge in [0.25, 0.3) is 5.69 Å². The highest BCUT2D eigenvalue weighted by molar-refractivity contribution is 6.01. The van der Waals surface area contributed by atoms with E-state index in [1.807, 2.05) is 0 Å². The molecular formula is C28H29F2NO8. The smallest absolute Gasteiger partial charge is 0.349 e. The van der Waals surface area contributed by atoms with Crippen molar-refractivity contribution >= 4 is 23.4 Å². The molecule has 9 atom stereocenters. The fraction of sp³-hybridized carbons (Fsp3) is 0.536. The van der Waals surface area contributed by atoms with Gasteiger partial charge in [0.15, 0.2) is 11.5 Å². The average molecular weight is 546 g/mol. The number of ketones is 1. The number of ether oxygens (including phenoxy) is 1. The second-order valence-electron chi connectivity index (χ2n) is 11.7. The van der Waals surface area contributed by atoms with Crippen molar-refractivity contribution < 1.29 is 43.0 Å². The third-order valence-corrected chi connectivity index (χ3v) is 10.0. The highest BCUT2D eigenvalue weighted by atomic mass is 19.1. The van der Waals surface area contributed by atoms with Gasteiger partial charge in [0, 0.05) is 34.8 Å². The Bertz CT molecular complexity index is 1360. The molecule has 0 radical (unpaired) electrons. The lowest BCUT2D eigenvalue weighted by Gasteiger charge is -2.62. The molecule has 0 heterocycles. The summed E-state index contributed by atoms with van der Waals surface area (Å²) in [6.07, 6.45) is -0.678. The van der Waals surface area contributed by atoms with Gasteiger partial charge in [-0.2, -0.15) is 0 Å². The van der Waals surface area contributed by atoms with Crippen LogP contribution >= 0.6 is 0 Å². The number of halogens is 2. The van der Waals surface area contributed by atoms with Gasteiger partial charge in [0.05, 0.1) is 16.6 Å². The number of aliphatic hydroxyl groups excluding tert-OH is 1. The van der Waals surface area contributed by atoms with Crippen LogP contribution in [0, 0.1) is 38.7 Å². The molecule has 0 bridgehead atoms. The van der Waals surface area contributed by atoms with Crippen LogP contribution in [0.3, 0.4) is 0 Å². The first kappa shape index (κ1) is 27.1. The van der Waals surface area contributed by atoms with E-state index in [9.17, 15) is 34.7 Å². The van der Waals surface area contributed by atoms with E-state index >= 15 is 8.78 Å². The Kier molecular flexibility index (Phi) is 5.92. The summed E-state index contributed by atoms with van der Waals surface area (Å²) in [6.45, 7) is 4.50. The zero-order chi connectivity index (χ0) is 28.7. The Hall–Kier alpha value is -3.47. The number of fused-ring (bicyclic) bond motifs is 5. The molecule has 9 nitrogen and oxygen atoms in total. The van der Waals surface area contributed by atoms with Crippen LogP contribution in [0.4, 0.5) is 14.5 Å². The second kappa shape index (κ2) is 8.51. The number of esters is 1. The highest BCUT2D eigenvalue weighted by Gasteiger charge is 2.78. The summed E-state index contributed by atoms with van der Waals surface area (Å²) in [4.78, 5) is 48.7. The molecule has 3 fully saturated rings. The largest absolute Gasteiger partial charge is 0.478 e. The molecule has 208 valence electrons.